The summed E-state index contributed by atoms with van der Waals surface area (Å²) in [4.78, 5) is 0. The predicted octanol–water partition coefficient (Wildman–Crippen LogP) is 3.51. The molecule has 0 amide bonds. The van der Waals surface area contributed by atoms with E-state index in [0.29, 0.717) is 0 Å². The van der Waals surface area contributed by atoms with Crippen molar-refractivity contribution in [1.82, 2.24) is 0 Å². The normalized spacial score (nSPS) is 18.1. The molecule has 0 aromatic carbocycles. The Morgan fingerprint density at radius 2 is 0.909 bits per heavy atom. The molecule has 1 aliphatic rings. The van der Waals surface area contributed by atoms with Crippen LogP contribution in [0.1, 0.15) is 25.7 Å². The quantitative estimate of drug-likeness (QED) is 0.585. The molecule has 0 nitrogen and oxygen atoms in total. The van der Waals surface area contributed by atoms with Crippen molar-refractivity contribution < 1.29 is 18.8 Å². The molecule has 1 aliphatic carbocycles. The van der Waals surface area contributed by atoms with Gasteiger partial charge in [-0.25, -0.2) is 0 Å². The molecule has 0 N–H and O–H groups in total. The van der Waals surface area contributed by atoms with Crippen molar-refractivity contribution in [3.8, 4) is 0 Å². The molecular formula is C9H15ClPt. The molecule has 2 heteroatoms. The Labute approximate surface area is 86.9 Å². The Balaban J connectivity index is 0. The molecule has 0 aromatic heterocycles. The van der Waals surface area contributed by atoms with Crippen LogP contribution in [0.25, 0.3) is 0 Å². The van der Waals surface area contributed by atoms with Crippen LogP contribution >= 0.6 is 9.42 Å². The van der Waals surface area contributed by atoms with Crippen molar-refractivity contribution in [3.63, 3.8) is 0 Å². The van der Waals surface area contributed by atoms with Crippen molar-refractivity contribution in [3.05, 3.63) is 33.1 Å². The van der Waals surface area contributed by atoms with Gasteiger partial charge in [0.15, 0.2) is 0 Å². The molecule has 1 saturated carbocycles. The fourth-order valence-electron chi connectivity index (χ4n) is 0.856. The van der Waals surface area contributed by atoms with Gasteiger partial charge in [-0.1, -0.05) is 0 Å². The summed E-state index contributed by atoms with van der Waals surface area (Å²) >= 11 is 1.61. The maximum absolute atomic E-state index is 4.61. The van der Waals surface area contributed by atoms with Crippen molar-refractivity contribution in [2.45, 2.75) is 25.7 Å². The van der Waals surface area contributed by atoms with Gasteiger partial charge in [-0.15, -0.1) is 0 Å². The van der Waals surface area contributed by atoms with Crippen molar-refractivity contribution in [2.24, 2.45) is 0 Å². The molecule has 1 fully saturated rings. The molecule has 4 radical (unpaired) electrons. The molecule has 0 unspecified atom stereocenters. The van der Waals surface area contributed by atoms with E-state index in [1.54, 1.807) is 18.8 Å². The molecule has 0 bridgehead atoms. The molecule has 11 heavy (non-hydrogen) atoms. The summed E-state index contributed by atoms with van der Waals surface area (Å²) in [5, 5.41) is 0. The minimum atomic E-state index is 0. The fourth-order valence-corrected chi connectivity index (χ4v) is 0.856. The van der Waals surface area contributed by atoms with E-state index in [0.717, 1.165) is 0 Å². The summed E-state index contributed by atoms with van der Waals surface area (Å²) in [6.45, 7) is 0. The first kappa shape index (κ1) is 14.5. The average molecular weight is 354 g/mol. The Morgan fingerprint density at radius 3 is 1.09 bits per heavy atom. The van der Waals surface area contributed by atoms with Gasteiger partial charge in [0.1, 0.15) is 0 Å². The van der Waals surface area contributed by atoms with Gasteiger partial charge in [0.2, 0.25) is 0 Å². The van der Waals surface area contributed by atoms with E-state index in [1.807, 2.05) is 0 Å². The van der Waals surface area contributed by atoms with Crippen LogP contribution in [0.3, 0.4) is 0 Å². The van der Waals surface area contributed by atoms with Crippen LogP contribution in [-0.2, 0) is 18.8 Å². The van der Waals surface area contributed by atoms with Crippen LogP contribution in [0, 0.1) is 33.1 Å². The average Bonchev–Trinajstić information content (AvgIpc) is 1.90. The third-order valence-electron chi connectivity index (χ3n) is 1.33. The van der Waals surface area contributed by atoms with Gasteiger partial charge in [0.05, 0.1) is 0 Å². The van der Waals surface area contributed by atoms with Gasteiger partial charge >= 0.3 is 28.2 Å². The van der Waals surface area contributed by atoms with Gasteiger partial charge in [0, 0.05) is 0 Å². The van der Waals surface area contributed by atoms with Crippen LogP contribution in [0.4, 0.5) is 0 Å². The van der Waals surface area contributed by atoms with Crippen molar-refractivity contribution in [2.75, 3.05) is 0 Å². The van der Waals surface area contributed by atoms with Gasteiger partial charge in [-0.2, -0.15) is 0 Å². The summed E-state index contributed by atoms with van der Waals surface area (Å²) in [6.07, 6.45) is 14.0. The third kappa shape index (κ3) is 11.0. The number of halogens is 1. The predicted molar refractivity (Wildman–Crippen MR) is 47.9 cm³/mol. The fraction of sp³-hybridized carbons (Fsp3) is 0.444. The Morgan fingerprint density at radius 1 is 0.727 bits per heavy atom. The van der Waals surface area contributed by atoms with E-state index in [9.17, 15) is 0 Å². The zero-order valence-electron chi connectivity index (χ0n) is 6.83. The number of rotatable bonds is 0. The van der Waals surface area contributed by atoms with Crippen molar-refractivity contribution >= 4 is 9.42 Å². The minimum absolute atomic E-state index is 0. The standard InChI is InChI=1S/C8H12.CH3.ClH.Pt/c1-2-4-6-8-7-5-3-1;;;/h1-2,7-8H,3-6H2;1H3;1H;/q;-1;;+2/p-1. The second kappa shape index (κ2) is 13.6. The summed E-state index contributed by atoms with van der Waals surface area (Å²) in [5.74, 6) is 0. The maximum atomic E-state index is 4.61. The second-order valence-electron chi connectivity index (χ2n) is 2.10. The first-order valence-corrected chi connectivity index (χ1v) is 6.23. The number of hydrogen-bond donors (Lipinski definition) is 0. The van der Waals surface area contributed by atoms with Crippen molar-refractivity contribution in [1.29, 1.82) is 0 Å². The monoisotopic (exact) mass is 353 g/mol. The Bertz CT molecular complexity index is 33.5. The summed E-state index contributed by atoms with van der Waals surface area (Å²) in [5.41, 5.74) is 0. The second-order valence-corrected chi connectivity index (χ2v) is 2.10. The van der Waals surface area contributed by atoms with Crippen LogP contribution < -0.4 is 0 Å². The van der Waals surface area contributed by atoms with E-state index in [2.05, 4.69) is 35.1 Å². The van der Waals surface area contributed by atoms with Gasteiger partial charge in [0.25, 0.3) is 0 Å². The SMILES string of the molecule is [CH3-].[CH]1[CH]CC[CH][CH]CC1.[Cl][Pt+]. The summed E-state index contributed by atoms with van der Waals surface area (Å²) < 4.78 is 0. The van der Waals surface area contributed by atoms with E-state index in [1.165, 1.54) is 25.7 Å². The molecule has 68 valence electrons. The van der Waals surface area contributed by atoms with E-state index in [-0.39, 0.29) is 7.43 Å². The zero-order chi connectivity index (χ0) is 7.66. The molecular weight excluding hydrogens is 339 g/mol. The summed E-state index contributed by atoms with van der Waals surface area (Å²) in [6, 6.07) is 0. The zero-order valence-corrected chi connectivity index (χ0v) is 9.86. The van der Waals surface area contributed by atoms with Gasteiger partial charge in [-0.3, -0.25) is 0 Å². The first-order valence-electron chi connectivity index (χ1n) is 3.42. The molecule has 0 spiro atoms. The number of hydrogen-bond acceptors (Lipinski definition) is 0. The van der Waals surface area contributed by atoms with Gasteiger partial charge in [-0.05, 0) is 51.4 Å². The first-order chi connectivity index (χ1) is 5.00. The molecule has 1 rings (SSSR count). The summed E-state index contributed by atoms with van der Waals surface area (Å²) in [7, 11) is 4.61. The van der Waals surface area contributed by atoms with Crippen LogP contribution in [0.15, 0.2) is 0 Å². The molecule has 0 heterocycles. The van der Waals surface area contributed by atoms with Crippen LogP contribution in [0.2, 0.25) is 0 Å². The molecule has 0 saturated heterocycles. The Kier molecular flexibility index (Phi) is 17.9. The third-order valence-corrected chi connectivity index (χ3v) is 1.33. The topological polar surface area (TPSA) is 0 Å². The van der Waals surface area contributed by atoms with E-state index >= 15 is 0 Å². The van der Waals surface area contributed by atoms with Crippen LogP contribution in [-0.4, -0.2) is 0 Å². The molecule has 0 aromatic rings. The van der Waals surface area contributed by atoms with Crippen LogP contribution in [0.5, 0.6) is 0 Å². The van der Waals surface area contributed by atoms with E-state index in [4.69, 9.17) is 0 Å². The molecule has 0 atom stereocenters. The molecule has 0 aliphatic heterocycles. The van der Waals surface area contributed by atoms with Gasteiger partial charge < -0.3 is 7.43 Å². The van der Waals surface area contributed by atoms with E-state index < -0.39 is 0 Å². The Hall–Kier alpha value is 0.978.